The van der Waals surface area contributed by atoms with Crippen LogP contribution in [0, 0.1) is 5.82 Å². The second kappa shape index (κ2) is 13.4. The zero-order valence-corrected chi connectivity index (χ0v) is 20.5. The van der Waals surface area contributed by atoms with Gasteiger partial charge in [-0.3, -0.25) is 4.99 Å². The molecule has 8 heteroatoms. The highest BCUT2D eigenvalue weighted by Gasteiger charge is 2.20. The highest BCUT2D eigenvalue weighted by molar-refractivity contribution is 14.0. The topological polar surface area (TPSA) is 58.1 Å². The summed E-state index contributed by atoms with van der Waals surface area (Å²) >= 11 is 0. The van der Waals surface area contributed by atoms with Crippen molar-refractivity contribution in [1.29, 1.82) is 0 Å². The van der Waals surface area contributed by atoms with Crippen molar-refractivity contribution >= 4 is 35.6 Å². The van der Waals surface area contributed by atoms with Gasteiger partial charge in [0.2, 0.25) is 0 Å². The summed E-state index contributed by atoms with van der Waals surface area (Å²) in [7, 11) is 3.44. The summed E-state index contributed by atoms with van der Waals surface area (Å²) in [6.45, 7) is 3.52. The first-order chi connectivity index (χ1) is 14.7. The van der Waals surface area contributed by atoms with Crippen LogP contribution >= 0.6 is 24.0 Å². The highest BCUT2D eigenvalue weighted by atomic mass is 127. The van der Waals surface area contributed by atoms with Gasteiger partial charge in [-0.05, 0) is 37.1 Å². The molecule has 0 aliphatic carbocycles. The lowest BCUT2D eigenvalue weighted by Gasteiger charge is -2.34. The molecule has 3 rings (SSSR count). The van der Waals surface area contributed by atoms with Crippen LogP contribution in [0.1, 0.15) is 18.4 Å². The molecule has 2 aromatic carbocycles. The van der Waals surface area contributed by atoms with Gasteiger partial charge in [-0.2, -0.15) is 0 Å². The van der Waals surface area contributed by atoms with Crippen LogP contribution in [0.2, 0.25) is 0 Å². The summed E-state index contributed by atoms with van der Waals surface area (Å²) in [4.78, 5) is 6.54. The van der Waals surface area contributed by atoms with Gasteiger partial charge in [-0.15, -0.1) is 24.0 Å². The molecule has 0 amide bonds. The van der Waals surface area contributed by atoms with E-state index in [1.807, 2.05) is 30.3 Å². The van der Waals surface area contributed by atoms with Crippen LogP contribution in [-0.4, -0.2) is 52.4 Å². The molecule has 0 radical (unpaired) electrons. The molecule has 1 heterocycles. The number of methoxy groups -OCH3 is 1. The third kappa shape index (κ3) is 7.84. The van der Waals surface area contributed by atoms with Crippen LogP contribution in [-0.2, 0) is 11.3 Å². The minimum Gasteiger partial charge on any atom is -0.496 e. The van der Waals surface area contributed by atoms with Gasteiger partial charge < -0.3 is 25.0 Å². The standard InChI is InChI=1S/C23H31FN4O2.HI/c1-25-23(26-12-15-30-17-18-6-3-4-9-22(18)29-2)27-20-10-13-28(14-11-20)21-8-5-7-19(24)16-21;/h3-9,16,20H,10-15,17H2,1-2H3,(H2,25,26,27);1H. The number of halogens is 2. The number of ether oxygens (including phenoxy) is 2. The molecular formula is C23H32FIN4O2. The smallest absolute Gasteiger partial charge is 0.191 e. The number of hydrogen-bond acceptors (Lipinski definition) is 4. The van der Waals surface area contributed by atoms with Crippen molar-refractivity contribution in [3.63, 3.8) is 0 Å². The van der Waals surface area contributed by atoms with Crippen molar-refractivity contribution in [2.75, 3.05) is 45.3 Å². The van der Waals surface area contributed by atoms with Gasteiger partial charge in [-0.1, -0.05) is 24.3 Å². The second-order valence-electron chi connectivity index (χ2n) is 7.25. The lowest BCUT2D eigenvalue weighted by Crippen LogP contribution is -2.49. The molecule has 31 heavy (non-hydrogen) atoms. The molecule has 1 aliphatic heterocycles. The second-order valence-corrected chi connectivity index (χ2v) is 7.25. The maximum Gasteiger partial charge on any atom is 0.191 e. The van der Waals surface area contributed by atoms with Crippen LogP contribution in [0.15, 0.2) is 53.5 Å². The summed E-state index contributed by atoms with van der Waals surface area (Å²) in [5.74, 6) is 1.43. The zero-order valence-electron chi connectivity index (χ0n) is 18.1. The number of aliphatic imine (C=N–C) groups is 1. The highest BCUT2D eigenvalue weighted by Crippen LogP contribution is 2.21. The predicted octanol–water partition coefficient (Wildman–Crippen LogP) is 3.80. The maximum absolute atomic E-state index is 13.4. The van der Waals surface area contributed by atoms with Crippen molar-refractivity contribution in [3.8, 4) is 5.75 Å². The molecule has 1 saturated heterocycles. The van der Waals surface area contributed by atoms with E-state index >= 15 is 0 Å². The Morgan fingerprint density at radius 3 is 2.65 bits per heavy atom. The zero-order chi connectivity index (χ0) is 21.2. The quantitative estimate of drug-likeness (QED) is 0.230. The SMILES string of the molecule is CN=C(NCCOCc1ccccc1OC)NC1CCN(c2cccc(F)c2)CC1.I. The van der Waals surface area contributed by atoms with Gasteiger partial charge in [-0.25, -0.2) is 4.39 Å². The van der Waals surface area contributed by atoms with Gasteiger partial charge in [0.1, 0.15) is 11.6 Å². The van der Waals surface area contributed by atoms with Crippen molar-refractivity contribution in [2.45, 2.75) is 25.5 Å². The summed E-state index contributed by atoms with van der Waals surface area (Å²) in [5, 5.41) is 6.78. The Labute approximate surface area is 201 Å². The molecule has 0 saturated carbocycles. The number of rotatable bonds is 8. The van der Waals surface area contributed by atoms with Crippen molar-refractivity contribution in [3.05, 3.63) is 59.9 Å². The molecule has 0 spiro atoms. The van der Waals surface area contributed by atoms with Crippen LogP contribution in [0.3, 0.4) is 0 Å². The average Bonchev–Trinajstić information content (AvgIpc) is 2.78. The van der Waals surface area contributed by atoms with Crippen LogP contribution in [0.4, 0.5) is 10.1 Å². The molecule has 1 fully saturated rings. The lowest BCUT2D eigenvalue weighted by atomic mass is 10.0. The maximum atomic E-state index is 13.4. The van der Waals surface area contributed by atoms with Crippen molar-refractivity contribution in [1.82, 2.24) is 10.6 Å². The summed E-state index contributed by atoms with van der Waals surface area (Å²) in [6.07, 6.45) is 1.95. The van der Waals surface area contributed by atoms with Gasteiger partial charge in [0.15, 0.2) is 5.96 Å². The molecule has 170 valence electrons. The number of nitrogens with zero attached hydrogens (tertiary/aromatic N) is 2. The lowest BCUT2D eigenvalue weighted by molar-refractivity contribution is 0.123. The van der Waals surface area contributed by atoms with E-state index in [1.54, 1.807) is 26.3 Å². The predicted molar refractivity (Wildman–Crippen MR) is 134 cm³/mol. The number of anilines is 1. The van der Waals surface area contributed by atoms with Gasteiger partial charge in [0.25, 0.3) is 0 Å². The summed E-state index contributed by atoms with van der Waals surface area (Å²) < 4.78 is 24.5. The molecule has 0 bridgehead atoms. The first-order valence-electron chi connectivity index (χ1n) is 10.4. The number of guanidine groups is 1. The fraction of sp³-hybridized carbons (Fsp3) is 0.435. The molecule has 1 aliphatic rings. The van der Waals surface area contributed by atoms with Crippen LogP contribution < -0.4 is 20.3 Å². The molecule has 0 aromatic heterocycles. The summed E-state index contributed by atoms with van der Waals surface area (Å²) in [6, 6.07) is 15.0. The third-order valence-electron chi connectivity index (χ3n) is 5.22. The van der Waals surface area contributed by atoms with E-state index in [2.05, 4.69) is 20.5 Å². The molecule has 0 atom stereocenters. The Morgan fingerprint density at radius 2 is 1.94 bits per heavy atom. The first kappa shape index (κ1) is 25.2. The molecule has 6 nitrogen and oxygen atoms in total. The van der Waals surface area contributed by atoms with E-state index in [0.717, 1.165) is 48.9 Å². The van der Waals surface area contributed by atoms with E-state index in [-0.39, 0.29) is 29.8 Å². The van der Waals surface area contributed by atoms with Gasteiger partial charge >= 0.3 is 0 Å². The van der Waals surface area contributed by atoms with Crippen molar-refractivity contribution < 1.29 is 13.9 Å². The minimum atomic E-state index is -0.190. The van der Waals surface area contributed by atoms with E-state index in [0.29, 0.717) is 25.8 Å². The fourth-order valence-corrected chi connectivity index (χ4v) is 3.59. The van der Waals surface area contributed by atoms with E-state index in [1.165, 1.54) is 6.07 Å². The Morgan fingerprint density at radius 1 is 1.16 bits per heavy atom. The average molecular weight is 542 g/mol. The van der Waals surface area contributed by atoms with Crippen LogP contribution in [0.25, 0.3) is 0 Å². The number of nitrogens with one attached hydrogen (secondary N) is 2. The normalized spacial score (nSPS) is 14.7. The Kier molecular flexibility index (Phi) is 10.9. The number of hydrogen-bond donors (Lipinski definition) is 2. The van der Waals surface area contributed by atoms with Crippen LogP contribution in [0.5, 0.6) is 5.75 Å². The Hall–Kier alpha value is -2.07. The molecular weight excluding hydrogens is 510 g/mol. The Balaban J connectivity index is 0.00000341. The number of piperidine rings is 1. The fourth-order valence-electron chi connectivity index (χ4n) is 3.59. The molecule has 2 N–H and O–H groups in total. The monoisotopic (exact) mass is 542 g/mol. The van der Waals surface area contributed by atoms with Gasteiger partial charge in [0.05, 0.1) is 20.3 Å². The molecule has 2 aromatic rings. The largest absolute Gasteiger partial charge is 0.496 e. The first-order valence-corrected chi connectivity index (χ1v) is 10.4. The van der Waals surface area contributed by atoms with E-state index < -0.39 is 0 Å². The third-order valence-corrected chi connectivity index (χ3v) is 5.22. The van der Waals surface area contributed by atoms with Gasteiger partial charge in [0, 0.05) is 44.0 Å². The van der Waals surface area contributed by atoms with Crippen molar-refractivity contribution in [2.24, 2.45) is 4.99 Å². The minimum absolute atomic E-state index is 0. The number of benzene rings is 2. The summed E-state index contributed by atoms with van der Waals surface area (Å²) in [5.41, 5.74) is 1.98. The number of para-hydroxylation sites is 1. The molecule has 0 unspecified atom stereocenters. The Bertz CT molecular complexity index is 829. The van der Waals surface area contributed by atoms with E-state index in [4.69, 9.17) is 9.47 Å². The van der Waals surface area contributed by atoms with E-state index in [9.17, 15) is 4.39 Å².